The molecule has 6 rings (SSSR count). The van der Waals surface area contributed by atoms with Crippen LogP contribution in [0.1, 0.15) is 43.4 Å². The van der Waals surface area contributed by atoms with Gasteiger partial charge in [0.2, 0.25) is 5.96 Å². The third-order valence-electron chi connectivity index (χ3n) is 7.87. The standard InChI is InChI=1S/C27H16B2ClF6N5O8/c28-24(44)25(29,45)41-19-15(40(22(41)39-24)27(48,49)26(36,46)47)7-14(37-20(42)8-3-9(23(33,34)35)5-11(32)4-8)16-17(19)21(43)38-18(16)12-6-10(31)1-2-13(12)30/h1-7,18,44-49H,(H,37,42)(H,38,43). The molecule has 22 heteroatoms. The molecule has 0 aliphatic carbocycles. The average Bonchev–Trinajstić information content (AvgIpc) is 3.53. The number of guanidine groups is 1. The molecule has 3 aliphatic rings. The molecule has 4 radical (unpaired) electrons. The van der Waals surface area contributed by atoms with Gasteiger partial charge in [0.25, 0.3) is 11.8 Å². The van der Waals surface area contributed by atoms with Gasteiger partial charge in [0.15, 0.2) is 15.7 Å². The van der Waals surface area contributed by atoms with Gasteiger partial charge in [-0.1, -0.05) is 11.6 Å². The molecule has 13 nitrogen and oxygen atoms in total. The molecule has 3 unspecified atom stereocenters. The quantitative estimate of drug-likeness (QED) is 0.106. The molecule has 3 atom stereocenters. The van der Waals surface area contributed by atoms with Crippen LogP contribution in [0.3, 0.4) is 0 Å². The van der Waals surface area contributed by atoms with Crippen LogP contribution in [0.5, 0.6) is 0 Å². The normalized spacial score (nSPS) is 23.2. The van der Waals surface area contributed by atoms with Crippen LogP contribution in [0.15, 0.2) is 47.5 Å². The molecule has 8 N–H and O–H groups in total. The minimum Gasteiger partial charge on any atom is -0.376 e. The summed E-state index contributed by atoms with van der Waals surface area (Å²) in [6.07, 6.45) is -5.11. The highest BCUT2D eigenvalue weighted by Gasteiger charge is 2.66. The SMILES string of the molecule is [B]C1(O)N=C2N(c3c(cc(NC(=O)c4cc(F)cc(C(F)(F)F)c4)c4c3C(=O)NC4c3cc(F)ccc3Cl)N2C(O)(O)C(O)(O)F)C1([B])O. The average molecular weight is 710 g/mol. The van der Waals surface area contributed by atoms with E-state index in [1.165, 1.54) is 0 Å². The first kappa shape index (κ1) is 34.5. The maximum atomic E-state index is 14.6. The highest BCUT2D eigenvalue weighted by atomic mass is 35.5. The molecule has 252 valence electrons. The Bertz CT molecular complexity index is 2010. The number of fused-ring (bicyclic) bond motifs is 5. The number of carbonyl (C=O) groups excluding carboxylic acids is 2. The highest BCUT2D eigenvalue weighted by Crippen LogP contribution is 2.56. The first-order valence-electron chi connectivity index (χ1n) is 13.4. The molecule has 0 aromatic heterocycles. The van der Waals surface area contributed by atoms with Gasteiger partial charge in [0.05, 0.1) is 28.5 Å². The number of aliphatic imine (C=N–C) groups is 1. The van der Waals surface area contributed by atoms with Gasteiger partial charge in [0.1, 0.15) is 22.9 Å². The van der Waals surface area contributed by atoms with Crippen LogP contribution >= 0.6 is 11.6 Å². The Hall–Kier alpha value is -4.37. The Morgan fingerprint density at radius 2 is 1.65 bits per heavy atom. The first-order valence-corrected chi connectivity index (χ1v) is 13.7. The number of hydrogen-bond donors (Lipinski definition) is 8. The predicted molar refractivity (Wildman–Crippen MR) is 156 cm³/mol. The van der Waals surface area contributed by atoms with Gasteiger partial charge in [-0.15, -0.1) is 0 Å². The fourth-order valence-electron chi connectivity index (χ4n) is 5.61. The lowest BCUT2D eigenvalue weighted by molar-refractivity contribution is -0.409. The Morgan fingerprint density at radius 1 is 1.00 bits per heavy atom. The van der Waals surface area contributed by atoms with Crippen LogP contribution < -0.4 is 20.4 Å². The molecule has 0 bridgehead atoms. The summed E-state index contributed by atoms with van der Waals surface area (Å²) < 4.78 is 83.5. The molecular formula is C27H16B2ClF6N5O8. The zero-order valence-corrected chi connectivity index (χ0v) is 24.5. The number of rotatable bonds is 5. The van der Waals surface area contributed by atoms with Gasteiger partial charge in [0, 0.05) is 27.4 Å². The number of nitrogens with one attached hydrogen (secondary N) is 2. The first-order chi connectivity index (χ1) is 22.4. The zero-order valence-electron chi connectivity index (χ0n) is 23.8. The van der Waals surface area contributed by atoms with Crippen molar-refractivity contribution in [1.29, 1.82) is 0 Å². The smallest absolute Gasteiger partial charge is 0.376 e. The van der Waals surface area contributed by atoms with Crippen LogP contribution in [-0.2, 0) is 6.18 Å². The van der Waals surface area contributed by atoms with E-state index in [2.05, 4.69) is 15.6 Å². The van der Waals surface area contributed by atoms with Crippen molar-refractivity contribution in [2.75, 3.05) is 15.1 Å². The minimum absolute atomic E-state index is 0.0991. The fraction of sp³-hybridized carbons (Fsp3) is 0.222. The zero-order chi connectivity index (χ0) is 36.4. The van der Waals surface area contributed by atoms with Crippen LogP contribution in [-0.4, -0.2) is 87.3 Å². The van der Waals surface area contributed by atoms with E-state index in [0.717, 1.165) is 18.2 Å². The largest absolute Gasteiger partial charge is 0.416 e. The van der Waals surface area contributed by atoms with Crippen molar-refractivity contribution in [3.05, 3.63) is 86.9 Å². The highest BCUT2D eigenvalue weighted by molar-refractivity contribution is 6.36. The second-order valence-electron chi connectivity index (χ2n) is 11.1. The maximum Gasteiger partial charge on any atom is 0.416 e. The molecule has 2 amide bonds. The van der Waals surface area contributed by atoms with Gasteiger partial charge in [-0.2, -0.15) is 17.6 Å². The molecule has 0 saturated heterocycles. The number of amides is 2. The van der Waals surface area contributed by atoms with Crippen molar-refractivity contribution >= 4 is 62.1 Å². The Morgan fingerprint density at radius 3 is 2.27 bits per heavy atom. The van der Waals surface area contributed by atoms with Crippen LogP contribution in [0, 0.1) is 11.6 Å². The van der Waals surface area contributed by atoms with Crippen LogP contribution in [0.2, 0.25) is 5.02 Å². The number of nitrogens with zero attached hydrogens (tertiary/aromatic N) is 3. The topological polar surface area (TPSA) is 198 Å². The molecule has 3 aliphatic heterocycles. The summed E-state index contributed by atoms with van der Waals surface area (Å²) in [6.45, 7) is 0. The summed E-state index contributed by atoms with van der Waals surface area (Å²) in [5.41, 5.74) is -13.0. The summed E-state index contributed by atoms with van der Waals surface area (Å²) in [5, 5.41) is 66.6. The molecule has 3 aromatic rings. The van der Waals surface area contributed by atoms with Crippen molar-refractivity contribution < 1.29 is 66.6 Å². The Kier molecular flexibility index (Phi) is 7.44. The van der Waals surface area contributed by atoms with Gasteiger partial charge >= 0.3 is 18.1 Å². The van der Waals surface area contributed by atoms with E-state index >= 15 is 0 Å². The summed E-state index contributed by atoms with van der Waals surface area (Å²) in [7, 11) is 11.4. The van der Waals surface area contributed by atoms with E-state index in [9.17, 15) is 66.6 Å². The second-order valence-corrected chi connectivity index (χ2v) is 11.5. The van der Waals surface area contributed by atoms with Gasteiger partial charge < -0.3 is 41.3 Å². The summed E-state index contributed by atoms with van der Waals surface area (Å²) in [5.74, 6) is -10.8. The van der Waals surface area contributed by atoms with Gasteiger partial charge in [-0.25, -0.2) is 18.7 Å². The third kappa shape index (κ3) is 5.11. The van der Waals surface area contributed by atoms with Gasteiger partial charge in [-0.05, 0) is 42.5 Å². The summed E-state index contributed by atoms with van der Waals surface area (Å²) in [6, 6.07) is -2.30. The lowest BCUT2D eigenvalue weighted by Gasteiger charge is -2.38. The Balaban J connectivity index is 1.66. The van der Waals surface area contributed by atoms with E-state index in [1.54, 1.807) is 0 Å². The second kappa shape index (κ2) is 10.6. The monoisotopic (exact) mass is 709 g/mol. The number of carbonyl (C=O) groups is 2. The lowest BCUT2D eigenvalue weighted by atomic mass is 9.70. The number of halogens is 7. The number of hydrogen-bond acceptors (Lipinski definition) is 11. The molecule has 3 aromatic carbocycles. The van der Waals surface area contributed by atoms with Crippen molar-refractivity contribution in [3.8, 4) is 0 Å². The number of alkyl halides is 4. The van der Waals surface area contributed by atoms with Crippen molar-refractivity contribution in [2.45, 2.75) is 35.4 Å². The molecule has 0 saturated carbocycles. The summed E-state index contributed by atoms with van der Waals surface area (Å²) in [4.78, 5) is 30.5. The molecule has 0 spiro atoms. The van der Waals surface area contributed by atoms with Crippen molar-refractivity contribution in [1.82, 2.24) is 5.32 Å². The predicted octanol–water partition coefficient (Wildman–Crippen LogP) is 0.594. The van der Waals surface area contributed by atoms with Gasteiger partial charge in [-0.3, -0.25) is 14.5 Å². The molecular weight excluding hydrogens is 693 g/mol. The fourth-order valence-corrected chi connectivity index (χ4v) is 5.83. The van der Waals surface area contributed by atoms with E-state index in [4.69, 9.17) is 27.3 Å². The number of anilines is 3. The third-order valence-corrected chi connectivity index (χ3v) is 8.22. The number of aliphatic hydroxyl groups is 6. The van der Waals surface area contributed by atoms with Crippen LogP contribution in [0.25, 0.3) is 0 Å². The van der Waals surface area contributed by atoms with Crippen molar-refractivity contribution in [2.24, 2.45) is 4.99 Å². The Labute approximate surface area is 276 Å². The maximum absolute atomic E-state index is 14.6. The molecule has 49 heavy (non-hydrogen) atoms. The van der Waals surface area contributed by atoms with E-state index < -0.39 is 104 Å². The molecule has 3 heterocycles. The van der Waals surface area contributed by atoms with Crippen molar-refractivity contribution in [3.63, 3.8) is 0 Å². The van der Waals surface area contributed by atoms with E-state index in [1.807, 2.05) is 0 Å². The number of benzene rings is 3. The van der Waals surface area contributed by atoms with E-state index in [0.29, 0.717) is 12.1 Å². The molecule has 0 fully saturated rings. The van der Waals surface area contributed by atoms with E-state index in [-0.39, 0.29) is 32.5 Å². The van der Waals surface area contributed by atoms with Crippen LogP contribution in [0.4, 0.5) is 43.4 Å². The lowest BCUT2D eigenvalue weighted by Crippen LogP contribution is -2.66. The minimum atomic E-state index is -5.11. The summed E-state index contributed by atoms with van der Waals surface area (Å²) >= 11 is 6.28.